The third kappa shape index (κ3) is 5.02. The van der Waals surface area contributed by atoms with Crippen molar-refractivity contribution in [2.24, 2.45) is 0 Å². The van der Waals surface area contributed by atoms with Crippen LogP contribution >= 0.6 is 0 Å². The second-order valence-electron chi connectivity index (χ2n) is 7.09. The number of amides is 1. The number of rotatable bonds is 4. The summed E-state index contributed by atoms with van der Waals surface area (Å²) in [6.07, 6.45) is 12.5. The van der Waals surface area contributed by atoms with Crippen LogP contribution in [0.1, 0.15) is 56.6 Å². The summed E-state index contributed by atoms with van der Waals surface area (Å²) >= 11 is 0. The first kappa shape index (κ1) is 17.4. The lowest BCUT2D eigenvalue weighted by Gasteiger charge is -2.36. The maximum absolute atomic E-state index is 12.6. The third-order valence-electron chi connectivity index (χ3n) is 5.24. The van der Waals surface area contributed by atoms with E-state index >= 15 is 0 Å². The molecule has 5 nitrogen and oxygen atoms in total. The molecule has 1 amide bonds. The predicted molar refractivity (Wildman–Crippen MR) is 95.7 cm³/mol. The molecule has 1 saturated heterocycles. The first-order valence-electron chi connectivity index (χ1n) is 9.47. The second-order valence-corrected chi connectivity index (χ2v) is 7.09. The number of pyridine rings is 1. The second kappa shape index (κ2) is 9.14. The van der Waals surface area contributed by atoms with E-state index in [4.69, 9.17) is 0 Å². The Morgan fingerprint density at radius 2 is 2.04 bits per heavy atom. The topological polar surface area (TPSA) is 57.3 Å². The van der Waals surface area contributed by atoms with E-state index in [1.165, 1.54) is 37.7 Å². The monoisotopic (exact) mass is 330 g/mol. The van der Waals surface area contributed by atoms with E-state index in [-0.39, 0.29) is 11.9 Å². The summed E-state index contributed by atoms with van der Waals surface area (Å²) in [5.74, 6) is 0.177. The molecule has 0 spiro atoms. The van der Waals surface area contributed by atoms with E-state index in [1.54, 1.807) is 6.20 Å². The van der Waals surface area contributed by atoms with Crippen molar-refractivity contribution in [3.63, 3.8) is 0 Å². The Morgan fingerprint density at radius 1 is 1.25 bits per heavy atom. The van der Waals surface area contributed by atoms with E-state index in [0.29, 0.717) is 12.6 Å². The Balaban J connectivity index is 1.55. The Hall–Kier alpha value is -1.46. The number of hydrogen-bond acceptors (Lipinski definition) is 4. The average Bonchev–Trinajstić information content (AvgIpc) is 2.58. The maximum atomic E-state index is 12.6. The number of aromatic nitrogens is 1. The summed E-state index contributed by atoms with van der Waals surface area (Å²) in [4.78, 5) is 19.1. The molecule has 2 aliphatic rings. The maximum Gasteiger partial charge on any atom is 0.234 e. The van der Waals surface area contributed by atoms with Gasteiger partial charge in [0.15, 0.2) is 0 Å². The highest BCUT2D eigenvalue weighted by Gasteiger charge is 2.26. The summed E-state index contributed by atoms with van der Waals surface area (Å²) in [7, 11) is 0. The van der Waals surface area contributed by atoms with Crippen LogP contribution in [0.2, 0.25) is 0 Å². The molecular weight excluding hydrogens is 300 g/mol. The van der Waals surface area contributed by atoms with Gasteiger partial charge in [-0.3, -0.25) is 14.7 Å². The van der Waals surface area contributed by atoms with Crippen LogP contribution in [0.3, 0.4) is 0 Å². The van der Waals surface area contributed by atoms with Gasteiger partial charge in [-0.05, 0) is 24.5 Å². The zero-order valence-corrected chi connectivity index (χ0v) is 14.5. The molecule has 1 aromatic heterocycles. The van der Waals surface area contributed by atoms with Gasteiger partial charge in [0, 0.05) is 44.1 Å². The largest absolute Gasteiger partial charge is 0.352 e. The lowest BCUT2D eigenvalue weighted by atomic mass is 9.96. The van der Waals surface area contributed by atoms with Crippen LogP contribution < -0.4 is 10.6 Å². The Labute approximate surface area is 145 Å². The van der Waals surface area contributed by atoms with Gasteiger partial charge in [-0.1, -0.05) is 38.2 Å². The van der Waals surface area contributed by atoms with Crippen LogP contribution in [0.4, 0.5) is 0 Å². The number of hydrogen-bond donors (Lipinski definition) is 2. The average molecular weight is 330 g/mol. The predicted octanol–water partition coefficient (Wildman–Crippen LogP) is 2.26. The standard InChI is InChI=1S/C19H30N4O/c24-19(22-17-8-4-2-1-3-5-9-17)15-23-12-11-21-14-18(23)16-7-6-10-20-13-16/h6-7,10,13,17-18,21H,1-5,8-9,11-12,14-15H2,(H,22,24). The van der Waals surface area contributed by atoms with Gasteiger partial charge in [-0.25, -0.2) is 0 Å². The Bertz CT molecular complexity index is 499. The fourth-order valence-electron chi connectivity index (χ4n) is 3.90. The highest BCUT2D eigenvalue weighted by Crippen LogP contribution is 2.21. The summed E-state index contributed by atoms with van der Waals surface area (Å²) in [6, 6.07) is 4.68. The smallest absolute Gasteiger partial charge is 0.234 e. The molecule has 0 radical (unpaired) electrons. The summed E-state index contributed by atoms with van der Waals surface area (Å²) < 4.78 is 0. The van der Waals surface area contributed by atoms with Gasteiger partial charge in [0.05, 0.1) is 6.54 Å². The molecule has 1 aliphatic carbocycles. The van der Waals surface area contributed by atoms with Crippen molar-refractivity contribution in [2.45, 2.75) is 57.0 Å². The molecular formula is C19H30N4O. The highest BCUT2D eigenvalue weighted by atomic mass is 16.2. The minimum absolute atomic E-state index is 0.177. The van der Waals surface area contributed by atoms with E-state index in [9.17, 15) is 4.79 Å². The molecule has 2 N–H and O–H groups in total. The van der Waals surface area contributed by atoms with Gasteiger partial charge in [-0.2, -0.15) is 0 Å². The Morgan fingerprint density at radius 3 is 2.79 bits per heavy atom. The zero-order valence-electron chi connectivity index (χ0n) is 14.5. The van der Waals surface area contributed by atoms with Gasteiger partial charge >= 0.3 is 0 Å². The molecule has 3 rings (SSSR count). The highest BCUT2D eigenvalue weighted by molar-refractivity contribution is 5.78. The van der Waals surface area contributed by atoms with Crippen molar-refractivity contribution in [2.75, 3.05) is 26.2 Å². The van der Waals surface area contributed by atoms with Crippen molar-refractivity contribution in [1.29, 1.82) is 0 Å². The van der Waals surface area contributed by atoms with Crippen LogP contribution in [0.15, 0.2) is 24.5 Å². The van der Waals surface area contributed by atoms with Gasteiger partial charge in [0.1, 0.15) is 0 Å². The van der Waals surface area contributed by atoms with Crippen LogP contribution in [-0.2, 0) is 4.79 Å². The molecule has 132 valence electrons. The molecule has 1 saturated carbocycles. The lowest BCUT2D eigenvalue weighted by molar-refractivity contribution is -0.123. The van der Waals surface area contributed by atoms with Crippen molar-refractivity contribution in [3.8, 4) is 0 Å². The fourth-order valence-corrected chi connectivity index (χ4v) is 3.90. The summed E-state index contributed by atoms with van der Waals surface area (Å²) in [5.41, 5.74) is 1.18. The summed E-state index contributed by atoms with van der Waals surface area (Å²) in [6.45, 7) is 3.20. The molecule has 1 unspecified atom stereocenters. The molecule has 2 heterocycles. The van der Waals surface area contributed by atoms with Crippen molar-refractivity contribution < 1.29 is 4.79 Å². The Kier molecular flexibility index (Phi) is 6.61. The number of nitrogens with one attached hydrogen (secondary N) is 2. The number of nitrogens with zero attached hydrogens (tertiary/aromatic N) is 2. The van der Waals surface area contributed by atoms with Gasteiger partial charge < -0.3 is 10.6 Å². The van der Waals surface area contributed by atoms with Crippen molar-refractivity contribution in [3.05, 3.63) is 30.1 Å². The summed E-state index contributed by atoms with van der Waals surface area (Å²) in [5, 5.41) is 6.72. The van der Waals surface area contributed by atoms with E-state index in [1.807, 2.05) is 12.3 Å². The first-order chi connectivity index (χ1) is 11.8. The minimum atomic E-state index is 0.177. The number of carbonyl (C=O) groups is 1. The van der Waals surface area contributed by atoms with Crippen LogP contribution in [0.25, 0.3) is 0 Å². The number of piperazine rings is 1. The van der Waals surface area contributed by atoms with E-state index in [2.05, 4.69) is 26.6 Å². The lowest BCUT2D eigenvalue weighted by Crippen LogP contribution is -2.50. The first-order valence-corrected chi connectivity index (χ1v) is 9.47. The molecule has 0 aromatic carbocycles. The quantitative estimate of drug-likeness (QED) is 0.889. The number of carbonyl (C=O) groups excluding carboxylic acids is 1. The molecule has 1 aromatic rings. The molecule has 0 bridgehead atoms. The van der Waals surface area contributed by atoms with Gasteiger partial charge in [0.2, 0.25) is 5.91 Å². The van der Waals surface area contributed by atoms with Crippen LogP contribution in [0, 0.1) is 0 Å². The van der Waals surface area contributed by atoms with Gasteiger partial charge in [-0.15, -0.1) is 0 Å². The molecule has 1 atom stereocenters. The van der Waals surface area contributed by atoms with Crippen molar-refractivity contribution in [1.82, 2.24) is 20.5 Å². The normalized spacial score (nSPS) is 24.1. The molecule has 1 aliphatic heterocycles. The molecule has 5 heteroatoms. The molecule has 2 fully saturated rings. The van der Waals surface area contributed by atoms with Crippen molar-refractivity contribution >= 4 is 5.91 Å². The fraction of sp³-hybridized carbons (Fsp3) is 0.684. The van der Waals surface area contributed by atoms with Gasteiger partial charge in [0.25, 0.3) is 0 Å². The van der Waals surface area contributed by atoms with Crippen LogP contribution in [-0.4, -0.2) is 48.0 Å². The minimum Gasteiger partial charge on any atom is -0.352 e. The molecule has 24 heavy (non-hydrogen) atoms. The van der Waals surface area contributed by atoms with E-state index in [0.717, 1.165) is 32.5 Å². The van der Waals surface area contributed by atoms with Crippen LogP contribution in [0.5, 0.6) is 0 Å². The van der Waals surface area contributed by atoms with E-state index < -0.39 is 0 Å². The zero-order chi connectivity index (χ0) is 16.6. The third-order valence-corrected chi connectivity index (χ3v) is 5.24. The SMILES string of the molecule is O=C(CN1CCNCC1c1cccnc1)NC1CCCCCCC1.